The van der Waals surface area contributed by atoms with E-state index in [-0.39, 0.29) is 24.3 Å². The van der Waals surface area contributed by atoms with Gasteiger partial charge >= 0.3 is 0 Å². The van der Waals surface area contributed by atoms with Crippen molar-refractivity contribution in [3.05, 3.63) is 28.2 Å². The lowest BCUT2D eigenvalue weighted by atomic mass is 10.0. The van der Waals surface area contributed by atoms with Crippen LogP contribution in [0.2, 0.25) is 0 Å². The summed E-state index contributed by atoms with van der Waals surface area (Å²) in [5.41, 5.74) is 1.73. The summed E-state index contributed by atoms with van der Waals surface area (Å²) in [4.78, 5) is 23.6. The van der Waals surface area contributed by atoms with Gasteiger partial charge in [0.2, 0.25) is 11.8 Å². The topological polar surface area (TPSA) is 58.2 Å². The second-order valence-corrected chi connectivity index (χ2v) is 5.65. The van der Waals surface area contributed by atoms with Crippen molar-refractivity contribution in [2.24, 2.45) is 5.92 Å². The van der Waals surface area contributed by atoms with E-state index < -0.39 is 0 Å². The average molecular weight is 341 g/mol. The smallest absolute Gasteiger partial charge is 0.243 e. The Morgan fingerprint density at radius 2 is 1.90 bits per heavy atom. The van der Waals surface area contributed by atoms with Crippen molar-refractivity contribution in [2.45, 2.75) is 33.6 Å². The van der Waals surface area contributed by atoms with Crippen LogP contribution in [0, 0.1) is 12.8 Å². The molecule has 0 saturated heterocycles. The van der Waals surface area contributed by atoms with Crippen LogP contribution in [0.15, 0.2) is 22.7 Å². The number of aryl methyl sites for hydroxylation is 1. The van der Waals surface area contributed by atoms with Crippen molar-refractivity contribution >= 4 is 33.4 Å². The second kappa shape index (κ2) is 8.04. The highest BCUT2D eigenvalue weighted by molar-refractivity contribution is 9.10. The van der Waals surface area contributed by atoms with Crippen LogP contribution in [-0.4, -0.2) is 18.4 Å². The summed E-state index contributed by atoms with van der Waals surface area (Å²) in [6, 6.07) is 5.63. The van der Waals surface area contributed by atoms with Crippen LogP contribution in [0.5, 0.6) is 0 Å². The summed E-state index contributed by atoms with van der Waals surface area (Å²) in [5.74, 6) is -0.287. The van der Waals surface area contributed by atoms with Gasteiger partial charge in [-0.15, -0.1) is 0 Å². The largest absolute Gasteiger partial charge is 0.347 e. The molecular weight excluding hydrogens is 320 g/mol. The fourth-order valence-corrected chi connectivity index (χ4v) is 2.41. The summed E-state index contributed by atoms with van der Waals surface area (Å²) in [5, 5.41) is 5.47. The summed E-state index contributed by atoms with van der Waals surface area (Å²) in [6.45, 7) is 5.87. The highest BCUT2D eigenvalue weighted by Gasteiger charge is 2.14. The van der Waals surface area contributed by atoms with E-state index >= 15 is 0 Å². The molecule has 1 aromatic rings. The van der Waals surface area contributed by atoms with Crippen LogP contribution >= 0.6 is 15.9 Å². The van der Waals surface area contributed by atoms with Crippen LogP contribution in [-0.2, 0) is 9.59 Å². The average Bonchev–Trinajstić information content (AvgIpc) is 2.41. The van der Waals surface area contributed by atoms with Gasteiger partial charge in [-0.2, -0.15) is 0 Å². The predicted molar refractivity (Wildman–Crippen MR) is 84.6 cm³/mol. The van der Waals surface area contributed by atoms with Crippen molar-refractivity contribution in [1.82, 2.24) is 5.32 Å². The molecule has 110 valence electrons. The molecule has 4 nitrogen and oxygen atoms in total. The minimum atomic E-state index is -0.213. The van der Waals surface area contributed by atoms with E-state index in [0.717, 1.165) is 28.6 Å². The monoisotopic (exact) mass is 340 g/mol. The summed E-state index contributed by atoms with van der Waals surface area (Å²) in [7, 11) is 0. The molecular formula is C15H21BrN2O2. The van der Waals surface area contributed by atoms with E-state index in [2.05, 4.69) is 26.6 Å². The molecule has 20 heavy (non-hydrogen) atoms. The number of rotatable bonds is 6. The summed E-state index contributed by atoms with van der Waals surface area (Å²) >= 11 is 3.37. The first kappa shape index (κ1) is 16.7. The molecule has 0 aromatic heterocycles. The van der Waals surface area contributed by atoms with E-state index in [9.17, 15) is 9.59 Å². The Morgan fingerprint density at radius 3 is 2.45 bits per heavy atom. The molecule has 0 fully saturated rings. The molecule has 5 heteroatoms. The number of carbonyl (C=O) groups excluding carboxylic acids is 2. The number of benzene rings is 1. The van der Waals surface area contributed by atoms with Gasteiger partial charge in [-0.25, -0.2) is 0 Å². The maximum Gasteiger partial charge on any atom is 0.243 e. The van der Waals surface area contributed by atoms with Crippen molar-refractivity contribution in [1.29, 1.82) is 0 Å². The van der Waals surface area contributed by atoms with Crippen LogP contribution in [0.3, 0.4) is 0 Å². The Balaban J connectivity index is 2.50. The second-order valence-electron chi connectivity index (χ2n) is 4.74. The van der Waals surface area contributed by atoms with Gasteiger partial charge < -0.3 is 10.6 Å². The number of hydrogen-bond donors (Lipinski definition) is 2. The highest BCUT2D eigenvalue weighted by Crippen LogP contribution is 2.19. The first-order chi connectivity index (χ1) is 9.47. The molecule has 0 heterocycles. The van der Waals surface area contributed by atoms with E-state index in [0.29, 0.717) is 0 Å². The molecule has 0 unspecified atom stereocenters. The fourth-order valence-electron chi connectivity index (χ4n) is 1.93. The maximum absolute atomic E-state index is 11.8. The van der Waals surface area contributed by atoms with Crippen molar-refractivity contribution in [3.8, 4) is 0 Å². The number of halogens is 1. The Hall–Kier alpha value is -1.36. The van der Waals surface area contributed by atoms with E-state index in [1.54, 1.807) is 0 Å². The zero-order chi connectivity index (χ0) is 15.1. The predicted octanol–water partition coefficient (Wildman–Crippen LogP) is 3.25. The van der Waals surface area contributed by atoms with Gasteiger partial charge in [0, 0.05) is 16.1 Å². The molecule has 2 N–H and O–H groups in total. The third kappa shape index (κ3) is 4.96. The van der Waals surface area contributed by atoms with Crippen LogP contribution in [0.25, 0.3) is 0 Å². The van der Waals surface area contributed by atoms with Crippen LogP contribution < -0.4 is 10.6 Å². The van der Waals surface area contributed by atoms with E-state index in [1.165, 1.54) is 0 Å². The molecule has 1 rings (SSSR count). The molecule has 1 aromatic carbocycles. The molecule has 0 saturated carbocycles. The zero-order valence-electron chi connectivity index (χ0n) is 12.1. The lowest BCUT2D eigenvalue weighted by molar-refractivity contribution is -0.127. The van der Waals surface area contributed by atoms with Gasteiger partial charge in [0.05, 0.1) is 6.54 Å². The van der Waals surface area contributed by atoms with E-state index in [4.69, 9.17) is 0 Å². The van der Waals surface area contributed by atoms with Crippen molar-refractivity contribution in [3.63, 3.8) is 0 Å². The van der Waals surface area contributed by atoms with Crippen LogP contribution in [0.1, 0.15) is 32.3 Å². The Kier molecular flexibility index (Phi) is 6.71. The molecule has 0 aliphatic carbocycles. The van der Waals surface area contributed by atoms with Crippen LogP contribution in [0.4, 0.5) is 5.69 Å². The third-order valence-electron chi connectivity index (χ3n) is 3.24. The molecule has 0 aliphatic heterocycles. The van der Waals surface area contributed by atoms with Crippen molar-refractivity contribution < 1.29 is 9.59 Å². The normalized spacial score (nSPS) is 10.4. The Morgan fingerprint density at radius 1 is 1.25 bits per heavy atom. The summed E-state index contributed by atoms with van der Waals surface area (Å²) < 4.78 is 0.968. The van der Waals surface area contributed by atoms with Gasteiger partial charge in [-0.1, -0.05) is 29.8 Å². The maximum atomic E-state index is 11.8. The van der Waals surface area contributed by atoms with Crippen molar-refractivity contribution in [2.75, 3.05) is 11.9 Å². The zero-order valence-corrected chi connectivity index (χ0v) is 13.7. The van der Waals surface area contributed by atoms with Gasteiger partial charge in [0.15, 0.2) is 0 Å². The molecule has 0 radical (unpaired) electrons. The SMILES string of the molecule is CCC(CC)C(=O)NCC(=O)Nc1ccc(Br)cc1C. The minimum Gasteiger partial charge on any atom is -0.347 e. The molecule has 0 aliphatic rings. The quantitative estimate of drug-likeness (QED) is 0.834. The number of amides is 2. The number of nitrogens with one attached hydrogen (secondary N) is 2. The van der Waals surface area contributed by atoms with Gasteiger partial charge in [-0.05, 0) is 43.5 Å². The number of carbonyl (C=O) groups is 2. The molecule has 2 amide bonds. The van der Waals surface area contributed by atoms with Gasteiger partial charge in [0.1, 0.15) is 0 Å². The number of hydrogen-bond acceptors (Lipinski definition) is 2. The fraction of sp³-hybridized carbons (Fsp3) is 0.467. The van der Waals surface area contributed by atoms with E-state index in [1.807, 2.05) is 39.0 Å². The number of anilines is 1. The first-order valence-electron chi connectivity index (χ1n) is 6.81. The minimum absolute atomic E-state index is 0.00480. The first-order valence-corrected chi connectivity index (χ1v) is 7.60. The lowest BCUT2D eigenvalue weighted by Gasteiger charge is -2.13. The Bertz CT molecular complexity index is 485. The highest BCUT2D eigenvalue weighted by atomic mass is 79.9. The summed E-state index contributed by atoms with van der Waals surface area (Å²) in [6.07, 6.45) is 1.57. The molecule has 0 atom stereocenters. The molecule has 0 spiro atoms. The Labute approximate surface area is 128 Å². The molecule has 0 bridgehead atoms. The third-order valence-corrected chi connectivity index (χ3v) is 3.74. The van der Waals surface area contributed by atoms with Gasteiger partial charge in [0.25, 0.3) is 0 Å². The standard InChI is InChI=1S/C15H21BrN2O2/c1-4-11(5-2)15(20)17-9-14(19)18-13-7-6-12(16)8-10(13)3/h6-8,11H,4-5,9H2,1-3H3,(H,17,20)(H,18,19). The van der Waals surface area contributed by atoms with Gasteiger partial charge in [-0.3, -0.25) is 9.59 Å². The lowest BCUT2D eigenvalue weighted by Crippen LogP contribution is -2.36.